The van der Waals surface area contributed by atoms with Gasteiger partial charge in [-0.25, -0.2) is 0 Å². The predicted molar refractivity (Wildman–Crippen MR) is 81.8 cm³/mol. The van der Waals surface area contributed by atoms with Gasteiger partial charge in [0, 0.05) is 12.4 Å². The second-order valence-corrected chi connectivity index (χ2v) is 8.25. The van der Waals surface area contributed by atoms with Crippen LogP contribution in [0, 0.1) is 11.3 Å². The van der Waals surface area contributed by atoms with Crippen LogP contribution in [0.2, 0.25) is 0 Å². The van der Waals surface area contributed by atoms with E-state index < -0.39 is 0 Å². The van der Waals surface area contributed by atoms with Crippen molar-refractivity contribution in [3.05, 3.63) is 0 Å². The number of amidine groups is 1. The predicted octanol–water partition coefficient (Wildman–Crippen LogP) is 3.05. The van der Waals surface area contributed by atoms with Crippen LogP contribution in [0.1, 0.15) is 46.5 Å². The number of thioether (sulfide) groups is 1. The number of nitrogens with one attached hydrogen (secondary N) is 1. The third-order valence-corrected chi connectivity index (χ3v) is 5.37. The molecule has 2 aliphatic heterocycles. The standard InChI is InChI=1S/C15H26N2OS/c1-15(2,3)12-7-9-19-14(17-12)16-11-6-8-18-13(11)10-4-5-10/h10-13H,4-9H2,1-3H3,(H,16,17). The highest BCUT2D eigenvalue weighted by Crippen LogP contribution is 2.39. The van der Waals surface area contributed by atoms with E-state index in [1.54, 1.807) is 0 Å². The fourth-order valence-corrected chi connectivity index (χ4v) is 4.00. The molecule has 4 heteroatoms. The van der Waals surface area contributed by atoms with Crippen molar-refractivity contribution in [3.63, 3.8) is 0 Å². The Hall–Kier alpha value is -0.220. The number of aliphatic imine (C=N–C) groups is 1. The monoisotopic (exact) mass is 282 g/mol. The average molecular weight is 282 g/mol. The van der Waals surface area contributed by atoms with Crippen LogP contribution < -0.4 is 5.32 Å². The van der Waals surface area contributed by atoms with Crippen molar-refractivity contribution < 1.29 is 4.74 Å². The van der Waals surface area contributed by atoms with Crippen molar-refractivity contribution in [2.75, 3.05) is 12.4 Å². The second kappa shape index (κ2) is 5.28. The molecule has 3 atom stereocenters. The number of hydrogen-bond acceptors (Lipinski definition) is 4. The molecule has 1 N–H and O–H groups in total. The first-order chi connectivity index (χ1) is 9.04. The molecule has 0 spiro atoms. The van der Waals surface area contributed by atoms with Gasteiger partial charge >= 0.3 is 0 Å². The minimum absolute atomic E-state index is 0.274. The van der Waals surface area contributed by atoms with Crippen molar-refractivity contribution in [3.8, 4) is 0 Å². The van der Waals surface area contributed by atoms with Gasteiger partial charge in [0.1, 0.15) is 0 Å². The normalized spacial score (nSPS) is 36.2. The lowest BCUT2D eigenvalue weighted by atomic mass is 9.85. The lowest BCUT2D eigenvalue weighted by molar-refractivity contribution is 0.0844. The van der Waals surface area contributed by atoms with Gasteiger partial charge in [0.2, 0.25) is 0 Å². The fraction of sp³-hybridized carbons (Fsp3) is 0.933. The molecule has 0 aromatic heterocycles. The maximum Gasteiger partial charge on any atom is 0.157 e. The largest absolute Gasteiger partial charge is 0.376 e. The molecule has 0 amide bonds. The summed E-state index contributed by atoms with van der Waals surface area (Å²) in [5.41, 5.74) is 0.274. The van der Waals surface area contributed by atoms with E-state index in [-0.39, 0.29) is 5.41 Å². The first-order valence-electron chi connectivity index (χ1n) is 7.63. The first-order valence-corrected chi connectivity index (χ1v) is 8.61. The van der Waals surface area contributed by atoms with Gasteiger partial charge in [-0.3, -0.25) is 4.99 Å². The zero-order chi connectivity index (χ0) is 13.5. The highest BCUT2D eigenvalue weighted by atomic mass is 32.2. The highest BCUT2D eigenvalue weighted by molar-refractivity contribution is 8.13. The molecular formula is C15H26N2OS. The van der Waals surface area contributed by atoms with Gasteiger partial charge in [-0.1, -0.05) is 32.5 Å². The Labute approximate surface area is 121 Å². The Morgan fingerprint density at radius 3 is 2.68 bits per heavy atom. The zero-order valence-corrected chi connectivity index (χ0v) is 13.1. The van der Waals surface area contributed by atoms with Gasteiger partial charge in [0.05, 0.1) is 18.2 Å². The summed E-state index contributed by atoms with van der Waals surface area (Å²) in [5, 5.41) is 4.84. The van der Waals surface area contributed by atoms with Crippen molar-refractivity contribution in [2.24, 2.45) is 16.3 Å². The Morgan fingerprint density at radius 1 is 1.21 bits per heavy atom. The molecule has 2 fully saturated rings. The van der Waals surface area contributed by atoms with E-state index in [0.29, 0.717) is 18.2 Å². The SMILES string of the molecule is CC(C)(C)C1CCSC(NC2CCOC2C2CC2)=N1. The lowest BCUT2D eigenvalue weighted by Crippen LogP contribution is -2.42. The van der Waals surface area contributed by atoms with Crippen LogP contribution in [0.15, 0.2) is 4.99 Å². The quantitative estimate of drug-likeness (QED) is 0.845. The minimum Gasteiger partial charge on any atom is -0.376 e. The summed E-state index contributed by atoms with van der Waals surface area (Å²) in [6.45, 7) is 7.79. The molecule has 3 rings (SSSR count). The Morgan fingerprint density at radius 2 is 2.00 bits per heavy atom. The lowest BCUT2D eigenvalue weighted by Gasteiger charge is -2.32. The molecule has 3 aliphatic rings. The summed E-state index contributed by atoms with van der Waals surface area (Å²) in [6, 6.07) is 0.954. The molecule has 3 nitrogen and oxygen atoms in total. The van der Waals surface area contributed by atoms with E-state index in [1.807, 2.05) is 11.8 Å². The van der Waals surface area contributed by atoms with Crippen LogP contribution in [0.5, 0.6) is 0 Å². The minimum atomic E-state index is 0.274. The van der Waals surface area contributed by atoms with Crippen molar-refractivity contribution in [1.29, 1.82) is 0 Å². The summed E-state index contributed by atoms with van der Waals surface area (Å²) < 4.78 is 5.90. The van der Waals surface area contributed by atoms with Crippen molar-refractivity contribution in [2.45, 2.75) is 64.6 Å². The molecule has 0 radical (unpaired) electrons. The van der Waals surface area contributed by atoms with Crippen LogP contribution in [0.3, 0.4) is 0 Å². The Balaban J connectivity index is 1.63. The van der Waals surface area contributed by atoms with Crippen LogP contribution in [0.4, 0.5) is 0 Å². The third-order valence-electron chi connectivity index (χ3n) is 4.43. The highest BCUT2D eigenvalue weighted by Gasteiger charge is 2.41. The summed E-state index contributed by atoms with van der Waals surface area (Å²) in [4.78, 5) is 4.94. The van der Waals surface area contributed by atoms with E-state index in [9.17, 15) is 0 Å². The summed E-state index contributed by atoms with van der Waals surface area (Å²) in [6.07, 6.45) is 5.49. The third kappa shape index (κ3) is 3.27. The molecular weight excluding hydrogens is 256 g/mol. The van der Waals surface area contributed by atoms with Gasteiger partial charge < -0.3 is 10.1 Å². The Kier molecular flexibility index (Phi) is 3.82. The second-order valence-electron chi connectivity index (χ2n) is 7.17. The van der Waals surface area contributed by atoms with Crippen LogP contribution in [-0.4, -0.2) is 35.7 Å². The van der Waals surface area contributed by atoms with Crippen LogP contribution in [-0.2, 0) is 4.74 Å². The van der Waals surface area contributed by atoms with Crippen LogP contribution in [0.25, 0.3) is 0 Å². The summed E-state index contributed by atoms with van der Waals surface area (Å²) >= 11 is 1.89. The molecule has 19 heavy (non-hydrogen) atoms. The maximum absolute atomic E-state index is 5.90. The smallest absolute Gasteiger partial charge is 0.157 e. The molecule has 1 aliphatic carbocycles. The van der Waals surface area contributed by atoms with Crippen molar-refractivity contribution in [1.82, 2.24) is 5.32 Å². The molecule has 2 heterocycles. The molecule has 0 aromatic carbocycles. The van der Waals surface area contributed by atoms with Gasteiger partial charge in [0.25, 0.3) is 0 Å². The zero-order valence-electron chi connectivity index (χ0n) is 12.3. The maximum atomic E-state index is 5.90. The first kappa shape index (κ1) is 13.7. The topological polar surface area (TPSA) is 33.6 Å². The molecule has 1 saturated heterocycles. The van der Waals surface area contributed by atoms with Crippen LogP contribution >= 0.6 is 11.8 Å². The molecule has 3 unspecified atom stereocenters. The van der Waals surface area contributed by atoms with E-state index in [4.69, 9.17) is 9.73 Å². The van der Waals surface area contributed by atoms with Gasteiger partial charge in [-0.15, -0.1) is 0 Å². The van der Waals surface area contributed by atoms with E-state index >= 15 is 0 Å². The van der Waals surface area contributed by atoms with Gasteiger partial charge in [-0.2, -0.15) is 0 Å². The Bertz CT molecular complexity index is 360. The number of hydrogen-bond donors (Lipinski definition) is 1. The van der Waals surface area contributed by atoms with Crippen molar-refractivity contribution >= 4 is 16.9 Å². The molecule has 0 bridgehead atoms. The molecule has 1 saturated carbocycles. The van der Waals surface area contributed by atoms with E-state index in [0.717, 1.165) is 24.1 Å². The number of nitrogens with zero attached hydrogens (tertiary/aromatic N) is 1. The molecule has 0 aromatic rings. The van der Waals surface area contributed by atoms with E-state index in [2.05, 4.69) is 26.1 Å². The summed E-state index contributed by atoms with van der Waals surface area (Å²) in [5.74, 6) is 2.00. The number of rotatable bonds is 2. The van der Waals surface area contributed by atoms with Gasteiger partial charge in [-0.05, 0) is 37.0 Å². The average Bonchev–Trinajstić information content (AvgIpc) is 3.10. The molecule has 108 valence electrons. The summed E-state index contributed by atoms with van der Waals surface area (Å²) in [7, 11) is 0. The van der Waals surface area contributed by atoms with E-state index in [1.165, 1.54) is 25.0 Å². The van der Waals surface area contributed by atoms with Gasteiger partial charge in [0.15, 0.2) is 5.17 Å². The number of ether oxygens (including phenoxy) is 1. The fourth-order valence-electron chi connectivity index (χ4n) is 3.03.